The molecule has 1 N–H and O–H groups in total. The summed E-state index contributed by atoms with van der Waals surface area (Å²) in [4.78, 5) is 10.8. The second-order valence-electron chi connectivity index (χ2n) is 4.57. The van der Waals surface area contributed by atoms with Gasteiger partial charge < -0.3 is 5.11 Å². The molecular weight excluding hydrogens is 207 g/mol. The van der Waals surface area contributed by atoms with Gasteiger partial charge in [0.1, 0.15) is 5.67 Å². The van der Waals surface area contributed by atoms with Crippen molar-refractivity contribution in [2.75, 3.05) is 0 Å². The summed E-state index contributed by atoms with van der Waals surface area (Å²) in [5.41, 5.74) is -0.0950. The number of carboxylic acids is 1. The third-order valence-electron chi connectivity index (χ3n) is 2.61. The molecule has 1 aromatic carbocycles. The van der Waals surface area contributed by atoms with Gasteiger partial charge in [0.05, 0.1) is 5.92 Å². The van der Waals surface area contributed by atoms with E-state index >= 15 is 0 Å². The first-order valence-electron chi connectivity index (χ1n) is 5.32. The third-order valence-corrected chi connectivity index (χ3v) is 2.61. The van der Waals surface area contributed by atoms with Crippen LogP contribution in [0.4, 0.5) is 4.39 Å². The van der Waals surface area contributed by atoms with E-state index < -0.39 is 17.6 Å². The van der Waals surface area contributed by atoms with E-state index in [9.17, 15) is 9.18 Å². The van der Waals surface area contributed by atoms with Crippen LogP contribution in [0.15, 0.2) is 24.3 Å². The number of hydrogen-bond acceptors (Lipinski definition) is 1. The zero-order valence-corrected chi connectivity index (χ0v) is 9.83. The molecule has 0 amide bonds. The lowest BCUT2D eigenvalue weighted by atomic mass is 9.90. The Bertz CT molecular complexity index is 380. The molecule has 0 heterocycles. The van der Waals surface area contributed by atoms with Crippen molar-refractivity contribution in [3.63, 3.8) is 0 Å². The molecule has 1 unspecified atom stereocenters. The molecule has 1 rings (SSSR count). The number of benzene rings is 1. The van der Waals surface area contributed by atoms with Gasteiger partial charge in [0.2, 0.25) is 0 Å². The van der Waals surface area contributed by atoms with Gasteiger partial charge in [0, 0.05) is 0 Å². The van der Waals surface area contributed by atoms with E-state index in [1.807, 2.05) is 0 Å². The summed E-state index contributed by atoms with van der Waals surface area (Å²) in [7, 11) is 0. The van der Waals surface area contributed by atoms with Crippen LogP contribution in [-0.2, 0) is 16.9 Å². The fourth-order valence-corrected chi connectivity index (χ4v) is 1.70. The maximum atomic E-state index is 13.9. The topological polar surface area (TPSA) is 37.3 Å². The van der Waals surface area contributed by atoms with E-state index in [2.05, 4.69) is 0 Å². The van der Waals surface area contributed by atoms with E-state index in [1.165, 1.54) is 13.8 Å². The Balaban J connectivity index is 3.01. The maximum Gasteiger partial charge on any atom is 0.306 e. The summed E-state index contributed by atoms with van der Waals surface area (Å²) in [6.07, 6.45) is 0.360. The minimum absolute atomic E-state index is 0.360. The molecule has 0 spiro atoms. The largest absolute Gasteiger partial charge is 0.481 e. The highest BCUT2D eigenvalue weighted by molar-refractivity contribution is 5.70. The third kappa shape index (κ3) is 3.05. The highest BCUT2D eigenvalue weighted by Crippen LogP contribution is 2.29. The number of rotatable bonds is 4. The summed E-state index contributed by atoms with van der Waals surface area (Å²) in [5.74, 6) is -1.35. The van der Waals surface area contributed by atoms with Gasteiger partial charge in [-0.25, -0.2) is 4.39 Å². The van der Waals surface area contributed by atoms with E-state index in [0.29, 0.717) is 12.0 Å². The van der Waals surface area contributed by atoms with Gasteiger partial charge in [-0.15, -0.1) is 0 Å². The molecule has 0 aliphatic rings. The predicted octanol–water partition coefficient (Wildman–Crippen LogP) is 3.15. The predicted molar refractivity (Wildman–Crippen MR) is 61.1 cm³/mol. The van der Waals surface area contributed by atoms with Crippen molar-refractivity contribution in [2.45, 2.75) is 32.9 Å². The summed E-state index contributed by atoms with van der Waals surface area (Å²) in [6, 6.07) is 7.07. The average molecular weight is 224 g/mol. The fourth-order valence-electron chi connectivity index (χ4n) is 1.70. The van der Waals surface area contributed by atoms with E-state index in [0.717, 1.165) is 5.56 Å². The molecule has 88 valence electrons. The molecule has 0 fully saturated rings. The second-order valence-corrected chi connectivity index (χ2v) is 4.57. The molecule has 0 saturated carbocycles. The van der Waals surface area contributed by atoms with Crippen LogP contribution in [0.1, 0.15) is 31.9 Å². The molecule has 16 heavy (non-hydrogen) atoms. The summed E-state index contributed by atoms with van der Waals surface area (Å²) >= 11 is 0. The molecule has 0 saturated heterocycles. The number of halogens is 1. The summed E-state index contributed by atoms with van der Waals surface area (Å²) < 4.78 is 13.9. The lowest BCUT2D eigenvalue weighted by molar-refractivity contribution is -0.141. The van der Waals surface area contributed by atoms with E-state index in [1.54, 1.807) is 31.2 Å². The van der Waals surface area contributed by atoms with Crippen LogP contribution in [0, 0.1) is 5.92 Å². The summed E-state index contributed by atoms with van der Waals surface area (Å²) in [5, 5.41) is 8.84. The van der Waals surface area contributed by atoms with Crippen LogP contribution in [-0.4, -0.2) is 11.1 Å². The minimum Gasteiger partial charge on any atom is -0.481 e. The first kappa shape index (κ1) is 12.7. The zero-order chi connectivity index (χ0) is 12.3. The van der Waals surface area contributed by atoms with E-state index in [-0.39, 0.29) is 0 Å². The Kier molecular flexibility index (Phi) is 3.68. The Morgan fingerprint density at radius 1 is 1.44 bits per heavy atom. The van der Waals surface area contributed by atoms with Crippen molar-refractivity contribution >= 4 is 5.97 Å². The Hall–Kier alpha value is -1.38. The highest BCUT2D eigenvalue weighted by atomic mass is 19.1. The van der Waals surface area contributed by atoms with Crippen molar-refractivity contribution in [2.24, 2.45) is 5.92 Å². The molecule has 3 heteroatoms. The lowest BCUT2D eigenvalue weighted by Crippen LogP contribution is -2.17. The first-order valence-corrected chi connectivity index (χ1v) is 5.32. The van der Waals surface area contributed by atoms with Gasteiger partial charge >= 0.3 is 5.97 Å². The van der Waals surface area contributed by atoms with Crippen LogP contribution >= 0.6 is 0 Å². The van der Waals surface area contributed by atoms with E-state index in [4.69, 9.17) is 5.11 Å². The van der Waals surface area contributed by atoms with Gasteiger partial charge in [0.15, 0.2) is 0 Å². The lowest BCUT2D eigenvalue weighted by Gasteiger charge is -2.20. The highest BCUT2D eigenvalue weighted by Gasteiger charge is 2.23. The zero-order valence-electron chi connectivity index (χ0n) is 9.83. The van der Waals surface area contributed by atoms with Crippen LogP contribution in [0.2, 0.25) is 0 Å². The average Bonchev–Trinajstić information content (AvgIpc) is 2.16. The monoisotopic (exact) mass is 224 g/mol. The van der Waals surface area contributed by atoms with Gasteiger partial charge in [-0.1, -0.05) is 31.2 Å². The van der Waals surface area contributed by atoms with Crippen molar-refractivity contribution in [1.82, 2.24) is 0 Å². The Morgan fingerprint density at radius 2 is 2.00 bits per heavy atom. The quantitative estimate of drug-likeness (QED) is 0.853. The number of carbonyl (C=O) groups is 1. The number of alkyl halides is 1. The van der Waals surface area contributed by atoms with Gasteiger partial charge in [-0.05, 0) is 31.4 Å². The Morgan fingerprint density at radius 3 is 2.50 bits per heavy atom. The molecule has 0 radical (unpaired) electrons. The number of carboxylic acid groups (broad SMARTS) is 1. The first-order chi connectivity index (χ1) is 7.32. The van der Waals surface area contributed by atoms with Crippen molar-refractivity contribution in [3.05, 3.63) is 35.4 Å². The van der Waals surface area contributed by atoms with Gasteiger partial charge in [-0.2, -0.15) is 0 Å². The molecule has 1 aromatic rings. The maximum absolute atomic E-state index is 13.9. The van der Waals surface area contributed by atoms with Crippen molar-refractivity contribution in [1.29, 1.82) is 0 Å². The SMILES string of the molecule is CC(Cc1ccccc1C(C)(C)F)C(=O)O. The standard InChI is InChI=1S/C13H17FO2/c1-9(12(15)16)8-10-6-4-5-7-11(10)13(2,3)14/h4-7,9H,8H2,1-3H3,(H,15,16). The second kappa shape index (κ2) is 4.64. The van der Waals surface area contributed by atoms with Crippen LogP contribution in [0.3, 0.4) is 0 Å². The van der Waals surface area contributed by atoms with Gasteiger partial charge in [-0.3, -0.25) is 4.79 Å². The summed E-state index contributed by atoms with van der Waals surface area (Å²) in [6.45, 7) is 4.60. The van der Waals surface area contributed by atoms with Crippen molar-refractivity contribution in [3.8, 4) is 0 Å². The number of aliphatic carboxylic acids is 1. The molecule has 0 aliphatic heterocycles. The smallest absolute Gasteiger partial charge is 0.306 e. The molecule has 0 aromatic heterocycles. The van der Waals surface area contributed by atoms with Crippen LogP contribution in [0.5, 0.6) is 0 Å². The minimum atomic E-state index is -1.44. The molecule has 0 bridgehead atoms. The molecule has 0 aliphatic carbocycles. The normalized spacial score (nSPS) is 13.5. The fraction of sp³-hybridized carbons (Fsp3) is 0.462. The van der Waals surface area contributed by atoms with Gasteiger partial charge in [0.25, 0.3) is 0 Å². The molecule has 2 nitrogen and oxygen atoms in total. The Labute approximate surface area is 95.1 Å². The van der Waals surface area contributed by atoms with Crippen LogP contribution in [0.25, 0.3) is 0 Å². The molecular formula is C13H17FO2. The number of hydrogen-bond donors (Lipinski definition) is 1. The molecule has 1 atom stereocenters. The van der Waals surface area contributed by atoms with Crippen LogP contribution < -0.4 is 0 Å². The van der Waals surface area contributed by atoms with Crippen molar-refractivity contribution < 1.29 is 14.3 Å².